The Kier molecular flexibility index (Phi) is 4.72. The van der Waals surface area contributed by atoms with Crippen molar-refractivity contribution in [1.82, 2.24) is 0 Å². The zero-order valence-electron chi connectivity index (χ0n) is 7.97. The fourth-order valence-corrected chi connectivity index (χ4v) is 1.12. The highest BCUT2D eigenvalue weighted by atomic mass is 16.3. The molecule has 0 spiro atoms. The van der Waals surface area contributed by atoms with E-state index in [4.69, 9.17) is 21.7 Å². The SMILES string of the molecule is Nc1cccc(N)c1C(=O)C(O)CO.O. The molecule has 1 aromatic carbocycles. The molecule has 0 bridgehead atoms. The molecule has 6 nitrogen and oxygen atoms in total. The average molecular weight is 214 g/mol. The van der Waals surface area contributed by atoms with Gasteiger partial charge >= 0.3 is 0 Å². The second kappa shape index (κ2) is 5.30. The van der Waals surface area contributed by atoms with Gasteiger partial charge in [0.05, 0.1) is 12.2 Å². The van der Waals surface area contributed by atoms with E-state index in [0.29, 0.717) is 0 Å². The molecule has 15 heavy (non-hydrogen) atoms. The summed E-state index contributed by atoms with van der Waals surface area (Å²) >= 11 is 0. The van der Waals surface area contributed by atoms with Gasteiger partial charge in [0.2, 0.25) is 0 Å². The van der Waals surface area contributed by atoms with Gasteiger partial charge in [-0.25, -0.2) is 0 Å². The van der Waals surface area contributed by atoms with Gasteiger partial charge < -0.3 is 27.2 Å². The molecule has 0 saturated carbocycles. The third-order valence-electron chi connectivity index (χ3n) is 1.85. The first kappa shape index (κ1) is 13.4. The predicted octanol–water partition coefficient (Wildman–Crippen LogP) is -1.44. The van der Waals surface area contributed by atoms with E-state index in [2.05, 4.69) is 0 Å². The Balaban J connectivity index is 0.00000196. The lowest BCUT2D eigenvalue weighted by atomic mass is 10.0. The summed E-state index contributed by atoms with van der Waals surface area (Å²) in [6.07, 6.45) is -1.47. The van der Waals surface area contributed by atoms with Crippen molar-refractivity contribution in [1.29, 1.82) is 0 Å². The highest BCUT2D eigenvalue weighted by Gasteiger charge is 2.20. The summed E-state index contributed by atoms with van der Waals surface area (Å²) in [5.74, 6) is -0.664. The molecule has 0 heterocycles. The number of aliphatic hydroxyl groups excluding tert-OH is 2. The van der Waals surface area contributed by atoms with Crippen LogP contribution in [0.15, 0.2) is 18.2 Å². The van der Waals surface area contributed by atoms with E-state index >= 15 is 0 Å². The first-order valence-electron chi connectivity index (χ1n) is 4.05. The van der Waals surface area contributed by atoms with E-state index in [-0.39, 0.29) is 22.4 Å². The molecule has 0 aliphatic carbocycles. The number of hydrogen-bond donors (Lipinski definition) is 4. The second-order valence-corrected chi connectivity index (χ2v) is 2.87. The molecular formula is C9H14N2O4. The van der Waals surface area contributed by atoms with Crippen molar-refractivity contribution in [3.8, 4) is 0 Å². The van der Waals surface area contributed by atoms with Gasteiger partial charge in [-0.05, 0) is 12.1 Å². The minimum atomic E-state index is -1.47. The van der Waals surface area contributed by atoms with Crippen LogP contribution in [-0.4, -0.2) is 34.2 Å². The van der Waals surface area contributed by atoms with Crippen LogP contribution >= 0.6 is 0 Å². The number of ketones is 1. The minimum absolute atomic E-state index is 0. The van der Waals surface area contributed by atoms with Crippen LogP contribution in [0.2, 0.25) is 0 Å². The summed E-state index contributed by atoms with van der Waals surface area (Å²) in [5.41, 5.74) is 11.5. The summed E-state index contributed by atoms with van der Waals surface area (Å²) in [7, 11) is 0. The fourth-order valence-electron chi connectivity index (χ4n) is 1.12. The van der Waals surface area contributed by atoms with Crippen molar-refractivity contribution < 1.29 is 20.5 Å². The maximum absolute atomic E-state index is 11.4. The molecule has 0 amide bonds. The van der Waals surface area contributed by atoms with Crippen molar-refractivity contribution in [2.24, 2.45) is 0 Å². The topological polar surface area (TPSA) is 141 Å². The van der Waals surface area contributed by atoms with Gasteiger partial charge in [0.15, 0.2) is 5.78 Å². The molecule has 1 rings (SSSR count). The standard InChI is InChI=1S/C9H12N2O3.H2O/c10-5-2-1-3-6(11)8(5)9(14)7(13)4-12;/h1-3,7,12-13H,4,10-11H2;1H2. The lowest BCUT2D eigenvalue weighted by Gasteiger charge is -2.10. The molecular weight excluding hydrogens is 200 g/mol. The number of carbonyl (C=O) groups is 1. The number of nitrogens with two attached hydrogens (primary N) is 2. The molecule has 0 aliphatic heterocycles. The van der Waals surface area contributed by atoms with Gasteiger partial charge in [0, 0.05) is 11.4 Å². The monoisotopic (exact) mass is 214 g/mol. The molecule has 0 radical (unpaired) electrons. The third kappa shape index (κ3) is 2.66. The number of anilines is 2. The van der Waals surface area contributed by atoms with Gasteiger partial charge in [-0.3, -0.25) is 4.79 Å². The van der Waals surface area contributed by atoms with Crippen LogP contribution < -0.4 is 11.5 Å². The molecule has 1 aromatic rings. The third-order valence-corrected chi connectivity index (χ3v) is 1.85. The number of carbonyl (C=O) groups excluding carboxylic acids is 1. The fraction of sp³-hybridized carbons (Fsp3) is 0.222. The summed E-state index contributed by atoms with van der Waals surface area (Å²) in [6, 6.07) is 4.62. The molecule has 0 aromatic heterocycles. The zero-order chi connectivity index (χ0) is 10.7. The van der Waals surface area contributed by atoms with Crippen LogP contribution in [0.1, 0.15) is 10.4 Å². The number of benzene rings is 1. The smallest absolute Gasteiger partial charge is 0.197 e. The van der Waals surface area contributed by atoms with Gasteiger partial charge in [-0.2, -0.15) is 0 Å². The van der Waals surface area contributed by atoms with E-state index < -0.39 is 18.5 Å². The molecule has 0 fully saturated rings. The van der Waals surface area contributed by atoms with E-state index in [1.54, 1.807) is 6.07 Å². The number of aliphatic hydroxyl groups is 2. The molecule has 84 valence electrons. The lowest BCUT2D eigenvalue weighted by molar-refractivity contribution is 0.0589. The van der Waals surface area contributed by atoms with Crippen LogP contribution in [0.4, 0.5) is 11.4 Å². The molecule has 1 unspecified atom stereocenters. The van der Waals surface area contributed by atoms with Crippen molar-refractivity contribution in [2.75, 3.05) is 18.1 Å². The minimum Gasteiger partial charge on any atom is -0.412 e. The number of hydrogen-bond acceptors (Lipinski definition) is 5. The van der Waals surface area contributed by atoms with Gasteiger partial charge in [-0.15, -0.1) is 0 Å². The predicted molar refractivity (Wildman–Crippen MR) is 56.3 cm³/mol. The number of rotatable bonds is 3. The second-order valence-electron chi connectivity index (χ2n) is 2.87. The maximum atomic E-state index is 11.4. The highest BCUT2D eigenvalue weighted by Crippen LogP contribution is 2.20. The quantitative estimate of drug-likeness (QED) is 0.360. The molecule has 1 atom stereocenters. The van der Waals surface area contributed by atoms with Crippen LogP contribution in [0.3, 0.4) is 0 Å². The number of Topliss-reactive ketones (excluding diaryl/α,β-unsaturated/α-hetero) is 1. The summed E-state index contributed by atoms with van der Waals surface area (Å²) in [5, 5.41) is 17.7. The molecule has 8 N–H and O–H groups in total. The van der Waals surface area contributed by atoms with Crippen LogP contribution in [0, 0.1) is 0 Å². The van der Waals surface area contributed by atoms with E-state index in [1.165, 1.54) is 12.1 Å². The van der Waals surface area contributed by atoms with Crippen molar-refractivity contribution >= 4 is 17.2 Å². The Morgan fingerprint density at radius 2 is 1.80 bits per heavy atom. The van der Waals surface area contributed by atoms with Gasteiger partial charge in [-0.1, -0.05) is 6.07 Å². The van der Waals surface area contributed by atoms with Gasteiger partial charge in [0.1, 0.15) is 6.10 Å². The van der Waals surface area contributed by atoms with E-state index in [9.17, 15) is 4.79 Å². The Morgan fingerprint density at radius 1 is 1.33 bits per heavy atom. The summed E-state index contributed by atoms with van der Waals surface area (Å²) in [6.45, 7) is -0.646. The largest absolute Gasteiger partial charge is 0.412 e. The van der Waals surface area contributed by atoms with Crippen LogP contribution in [0.25, 0.3) is 0 Å². The van der Waals surface area contributed by atoms with E-state index in [0.717, 1.165) is 0 Å². The normalized spacial score (nSPS) is 11.6. The molecule has 0 aliphatic rings. The average Bonchev–Trinajstić information content (AvgIpc) is 2.16. The number of nitrogen functional groups attached to an aromatic ring is 2. The Labute approximate surface area is 86.4 Å². The lowest BCUT2D eigenvalue weighted by Crippen LogP contribution is -2.26. The van der Waals surface area contributed by atoms with Gasteiger partial charge in [0.25, 0.3) is 0 Å². The molecule has 6 heteroatoms. The van der Waals surface area contributed by atoms with Crippen LogP contribution in [-0.2, 0) is 0 Å². The summed E-state index contributed by atoms with van der Waals surface area (Å²) in [4.78, 5) is 11.4. The Hall–Kier alpha value is -1.63. The Morgan fingerprint density at radius 3 is 2.20 bits per heavy atom. The van der Waals surface area contributed by atoms with Crippen molar-refractivity contribution in [3.63, 3.8) is 0 Å². The molecule has 0 saturated heterocycles. The van der Waals surface area contributed by atoms with Crippen molar-refractivity contribution in [3.05, 3.63) is 23.8 Å². The Bertz CT molecular complexity index is 334. The first-order valence-corrected chi connectivity index (χ1v) is 4.05. The zero-order valence-corrected chi connectivity index (χ0v) is 7.97. The van der Waals surface area contributed by atoms with Crippen LogP contribution in [0.5, 0.6) is 0 Å². The highest BCUT2D eigenvalue weighted by molar-refractivity contribution is 6.07. The van der Waals surface area contributed by atoms with Crippen molar-refractivity contribution in [2.45, 2.75) is 6.10 Å². The maximum Gasteiger partial charge on any atom is 0.197 e. The van der Waals surface area contributed by atoms with E-state index in [1.807, 2.05) is 0 Å². The summed E-state index contributed by atoms with van der Waals surface area (Å²) < 4.78 is 0. The first-order chi connectivity index (χ1) is 6.57.